The van der Waals surface area contributed by atoms with Gasteiger partial charge in [-0.2, -0.15) is 0 Å². The van der Waals surface area contributed by atoms with Crippen molar-refractivity contribution in [2.45, 2.75) is 19.8 Å². The predicted molar refractivity (Wildman–Crippen MR) is 77.3 cm³/mol. The standard InChI is InChI=1S/C14H21N3O2/c1-9(8-19-2)7-16-13-6-12-10(5-11(13)15)3-4-14(18)17-12/h5-6,9,16H,3-4,7-8,15H2,1-2H3,(H,17,18). The van der Waals surface area contributed by atoms with E-state index in [0.717, 1.165) is 35.6 Å². The van der Waals surface area contributed by atoms with Crippen LogP contribution in [0.2, 0.25) is 0 Å². The molecular formula is C14H21N3O2. The second kappa shape index (κ2) is 5.93. The van der Waals surface area contributed by atoms with Gasteiger partial charge in [0.05, 0.1) is 18.0 Å². The molecule has 1 amide bonds. The molecule has 1 atom stereocenters. The molecule has 0 fully saturated rings. The highest BCUT2D eigenvalue weighted by Gasteiger charge is 2.16. The van der Waals surface area contributed by atoms with Crippen molar-refractivity contribution in [2.75, 3.05) is 36.6 Å². The normalized spacial score (nSPS) is 15.6. The molecule has 0 bridgehead atoms. The maximum Gasteiger partial charge on any atom is 0.224 e. The predicted octanol–water partition coefficient (Wildman–Crippen LogP) is 1.85. The van der Waals surface area contributed by atoms with E-state index < -0.39 is 0 Å². The van der Waals surface area contributed by atoms with Crippen molar-refractivity contribution in [3.05, 3.63) is 17.7 Å². The number of carbonyl (C=O) groups is 1. The number of hydrogen-bond acceptors (Lipinski definition) is 4. The van der Waals surface area contributed by atoms with Crippen molar-refractivity contribution in [3.8, 4) is 0 Å². The van der Waals surface area contributed by atoms with Gasteiger partial charge >= 0.3 is 0 Å². The molecule has 0 spiro atoms. The molecule has 1 aromatic rings. The van der Waals surface area contributed by atoms with E-state index in [0.29, 0.717) is 18.9 Å². The Morgan fingerprint density at radius 1 is 1.47 bits per heavy atom. The molecule has 0 aromatic heterocycles. The minimum atomic E-state index is 0.0657. The summed E-state index contributed by atoms with van der Waals surface area (Å²) in [6.45, 7) is 3.59. The number of nitrogens with two attached hydrogens (primary N) is 1. The molecule has 1 heterocycles. The third-order valence-corrected chi connectivity index (χ3v) is 3.26. The summed E-state index contributed by atoms with van der Waals surface area (Å²) in [5.74, 6) is 0.464. The molecule has 0 saturated heterocycles. The fourth-order valence-electron chi connectivity index (χ4n) is 2.23. The van der Waals surface area contributed by atoms with Crippen molar-refractivity contribution in [1.29, 1.82) is 0 Å². The zero-order chi connectivity index (χ0) is 13.8. The van der Waals surface area contributed by atoms with Gasteiger partial charge in [-0.05, 0) is 30.0 Å². The lowest BCUT2D eigenvalue weighted by Gasteiger charge is -2.20. The molecule has 0 radical (unpaired) electrons. The first-order valence-corrected chi connectivity index (χ1v) is 6.55. The lowest BCUT2D eigenvalue weighted by Crippen LogP contribution is -2.20. The van der Waals surface area contributed by atoms with E-state index in [-0.39, 0.29) is 5.91 Å². The van der Waals surface area contributed by atoms with Crippen LogP contribution in [0.1, 0.15) is 18.9 Å². The number of carbonyl (C=O) groups excluding carboxylic acids is 1. The van der Waals surface area contributed by atoms with Crippen molar-refractivity contribution >= 4 is 23.0 Å². The van der Waals surface area contributed by atoms with Crippen LogP contribution in [-0.2, 0) is 16.0 Å². The molecule has 2 rings (SSSR count). The van der Waals surface area contributed by atoms with Crippen molar-refractivity contribution in [3.63, 3.8) is 0 Å². The molecule has 5 heteroatoms. The van der Waals surface area contributed by atoms with Crippen LogP contribution in [0.4, 0.5) is 17.1 Å². The Morgan fingerprint density at radius 3 is 3.00 bits per heavy atom. The first-order chi connectivity index (χ1) is 9.10. The molecule has 4 N–H and O–H groups in total. The topological polar surface area (TPSA) is 76.4 Å². The molecular weight excluding hydrogens is 242 g/mol. The van der Waals surface area contributed by atoms with Gasteiger partial charge < -0.3 is 21.1 Å². The van der Waals surface area contributed by atoms with Gasteiger partial charge in [-0.1, -0.05) is 6.92 Å². The Labute approximate surface area is 113 Å². The zero-order valence-corrected chi connectivity index (χ0v) is 11.5. The molecule has 104 valence electrons. The summed E-state index contributed by atoms with van der Waals surface area (Å²) in [5, 5.41) is 6.19. The molecule has 0 saturated carbocycles. The molecule has 5 nitrogen and oxygen atoms in total. The second-order valence-electron chi connectivity index (χ2n) is 5.09. The van der Waals surface area contributed by atoms with Crippen LogP contribution in [0.15, 0.2) is 12.1 Å². The van der Waals surface area contributed by atoms with Crippen molar-refractivity contribution in [1.82, 2.24) is 0 Å². The third kappa shape index (κ3) is 3.38. The Kier molecular flexibility index (Phi) is 4.27. The van der Waals surface area contributed by atoms with Gasteiger partial charge in [-0.15, -0.1) is 0 Å². The summed E-state index contributed by atoms with van der Waals surface area (Å²) in [6.07, 6.45) is 1.29. The lowest BCUT2D eigenvalue weighted by molar-refractivity contribution is -0.116. The van der Waals surface area contributed by atoms with Crippen LogP contribution in [0, 0.1) is 5.92 Å². The Hall–Kier alpha value is -1.75. The first kappa shape index (κ1) is 13.7. The molecule has 1 aromatic carbocycles. The Balaban J connectivity index is 2.08. The Morgan fingerprint density at radius 2 is 2.26 bits per heavy atom. The van der Waals surface area contributed by atoms with Gasteiger partial charge in [0.15, 0.2) is 0 Å². The highest BCUT2D eigenvalue weighted by atomic mass is 16.5. The minimum Gasteiger partial charge on any atom is -0.397 e. The number of anilines is 3. The highest BCUT2D eigenvalue weighted by Crippen LogP contribution is 2.31. The average molecular weight is 263 g/mol. The summed E-state index contributed by atoms with van der Waals surface area (Å²) < 4.78 is 5.10. The number of ether oxygens (including phenoxy) is 1. The van der Waals surface area contributed by atoms with E-state index in [1.54, 1.807) is 7.11 Å². The van der Waals surface area contributed by atoms with Gasteiger partial charge in [0.1, 0.15) is 0 Å². The Bertz CT molecular complexity index is 474. The third-order valence-electron chi connectivity index (χ3n) is 3.26. The summed E-state index contributed by atoms with van der Waals surface area (Å²) in [4.78, 5) is 11.4. The molecule has 19 heavy (non-hydrogen) atoms. The number of aryl methyl sites for hydroxylation is 1. The number of nitrogen functional groups attached to an aromatic ring is 1. The van der Waals surface area contributed by atoms with Gasteiger partial charge in [0, 0.05) is 25.8 Å². The summed E-state index contributed by atoms with van der Waals surface area (Å²) in [7, 11) is 1.69. The van der Waals surface area contributed by atoms with Gasteiger partial charge in [0.2, 0.25) is 5.91 Å². The second-order valence-corrected chi connectivity index (χ2v) is 5.09. The fraction of sp³-hybridized carbons (Fsp3) is 0.500. The van der Waals surface area contributed by atoms with Crippen molar-refractivity contribution in [2.24, 2.45) is 5.92 Å². The summed E-state index contributed by atoms with van der Waals surface area (Å²) >= 11 is 0. The fourth-order valence-corrected chi connectivity index (χ4v) is 2.23. The SMILES string of the molecule is COCC(C)CNc1cc2c(cc1N)CCC(=O)N2. The van der Waals surface area contributed by atoms with Crippen LogP contribution >= 0.6 is 0 Å². The molecule has 0 aliphatic carbocycles. The van der Waals surface area contributed by atoms with Gasteiger partial charge in [-0.3, -0.25) is 4.79 Å². The maximum absolute atomic E-state index is 11.4. The number of fused-ring (bicyclic) bond motifs is 1. The lowest BCUT2D eigenvalue weighted by atomic mass is 10.0. The monoisotopic (exact) mass is 263 g/mol. The highest BCUT2D eigenvalue weighted by molar-refractivity contribution is 5.95. The van der Waals surface area contributed by atoms with Crippen LogP contribution in [0.5, 0.6) is 0 Å². The largest absolute Gasteiger partial charge is 0.397 e. The van der Waals surface area contributed by atoms with E-state index in [1.807, 2.05) is 12.1 Å². The van der Waals surface area contributed by atoms with E-state index >= 15 is 0 Å². The zero-order valence-electron chi connectivity index (χ0n) is 11.5. The summed E-state index contributed by atoms with van der Waals surface area (Å²) in [5.41, 5.74) is 9.59. The molecule has 1 unspecified atom stereocenters. The van der Waals surface area contributed by atoms with Crippen LogP contribution in [0.25, 0.3) is 0 Å². The number of methoxy groups -OCH3 is 1. The number of benzene rings is 1. The minimum absolute atomic E-state index is 0.0657. The summed E-state index contributed by atoms with van der Waals surface area (Å²) in [6, 6.07) is 3.86. The first-order valence-electron chi connectivity index (χ1n) is 6.55. The van der Waals surface area contributed by atoms with E-state index in [9.17, 15) is 4.79 Å². The van der Waals surface area contributed by atoms with Crippen LogP contribution in [-0.4, -0.2) is 26.2 Å². The van der Waals surface area contributed by atoms with Crippen molar-refractivity contribution < 1.29 is 9.53 Å². The van der Waals surface area contributed by atoms with Gasteiger partial charge in [-0.25, -0.2) is 0 Å². The quantitative estimate of drug-likeness (QED) is 0.709. The van der Waals surface area contributed by atoms with E-state index in [4.69, 9.17) is 10.5 Å². The van der Waals surface area contributed by atoms with Crippen LogP contribution in [0.3, 0.4) is 0 Å². The average Bonchev–Trinajstić information content (AvgIpc) is 2.37. The number of nitrogens with one attached hydrogen (secondary N) is 2. The number of rotatable bonds is 5. The van der Waals surface area contributed by atoms with E-state index in [1.165, 1.54) is 0 Å². The smallest absolute Gasteiger partial charge is 0.224 e. The number of amides is 1. The number of hydrogen-bond donors (Lipinski definition) is 3. The molecule has 1 aliphatic heterocycles. The van der Waals surface area contributed by atoms with Crippen LogP contribution < -0.4 is 16.4 Å². The van der Waals surface area contributed by atoms with Gasteiger partial charge in [0.25, 0.3) is 0 Å². The van der Waals surface area contributed by atoms with E-state index in [2.05, 4.69) is 17.6 Å². The molecule has 1 aliphatic rings. The maximum atomic E-state index is 11.4.